The first-order chi connectivity index (χ1) is 8.22. The highest BCUT2D eigenvalue weighted by Crippen LogP contribution is 2.28. The van der Waals surface area contributed by atoms with E-state index in [9.17, 15) is 4.79 Å². The first-order valence-corrected chi connectivity index (χ1v) is 6.84. The van der Waals surface area contributed by atoms with Crippen molar-refractivity contribution >= 4 is 18.3 Å². The van der Waals surface area contributed by atoms with Gasteiger partial charge in [-0.25, -0.2) is 0 Å². The highest BCUT2D eigenvalue weighted by atomic mass is 35.5. The first kappa shape index (κ1) is 15.7. The Morgan fingerprint density at radius 3 is 2.78 bits per heavy atom. The molecule has 0 radical (unpaired) electrons. The fourth-order valence-corrected chi connectivity index (χ4v) is 2.98. The van der Waals surface area contributed by atoms with Gasteiger partial charge in [-0.15, -0.1) is 12.4 Å². The Morgan fingerprint density at radius 2 is 2.17 bits per heavy atom. The van der Waals surface area contributed by atoms with E-state index in [1.807, 2.05) is 11.8 Å². The van der Waals surface area contributed by atoms with Crippen molar-refractivity contribution in [3.05, 3.63) is 0 Å². The average Bonchev–Trinajstić information content (AvgIpc) is 2.94. The maximum Gasteiger partial charge on any atom is 0.227 e. The summed E-state index contributed by atoms with van der Waals surface area (Å²) in [5.74, 6) is 0.895. The first-order valence-electron chi connectivity index (χ1n) is 6.84. The summed E-state index contributed by atoms with van der Waals surface area (Å²) in [6.45, 7) is 5.31. The summed E-state index contributed by atoms with van der Waals surface area (Å²) in [6.07, 6.45) is 4.17. The van der Waals surface area contributed by atoms with E-state index >= 15 is 0 Å². The molecule has 1 saturated heterocycles. The number of hydrogen-bond acceptors (Lipinski definition) is 3. The van der Waals surface area contributed by atoms with Crippen LogP contribution in [0.25, 0.3) is 0 Å². The SMILES string of the molecule is CCOCC1CCN(C(=O)C2CCCC2N)C1.Cl. The topological polar surface area (TPSA) is 55.6 Å². The molecular weight excluding hydrogens is 252 g/mol. The molecule has 0 spiro atoms. The van der Waals surface area contributed by atoms with Gasteiger partial charge in [0, 0.05) is 31.7 Å². The Balaban J connectivity index is 0.00000162. The molecule has 1 aliphatic carbocycles. The molecule has 2 N–H and O–H groups in total. The smallest absolute Gasteiger partial charge is 0.227 e. The van der Waals surface area contributed by atoms with Crippen LogP contribution in [0.4, 0.5) is 0 Å². The predicted molar refractivity (Wildman–Crippen MR) is 73.7 cm³/mol. The number of rotatable bonds is 4. The number of ether oxygens (including phenoxy) is 1. The van der Waals surface area contributed by atoms with Gasteiger partial charge in [-0.2, -0.15) is 0 Å². The van der Waals surface area contributed by atoms with Crippen LogP contribution in [0.1, 0.15) is 32.6 Å². The molecule has 2 aliphatic rings. The van der Waals surface area contributed by atoms with Crippen molar-refractivity contribution in [1.29, 1.82) is 0 Å². The molecule has 1 saturated carbocycles. The lowest BCUT2D eigenvalue weighted by Gasteiger charge is -2.23. The molecule has 106 valence electrons. The van der Waals surface area contributed by atoms with Crippen LogP contribution in [0.3, 0.4) is 0 Å². The monoisotopic (exact) mass is 276 g/mol. The van der Waals surface area contributed by atoms with Crippen molar-refractivity contribution < 1.29 is 9.53 Å². The molecular formula is C13H25ClN2O2. The molecule has 0 aromatic carbocycles. The van der Waals surface area contributed by atoms with Crippen molar-refractivity contribution in [3.8, 4) is 0 Å². The van der Waals surface area contributed by atoms with Crippen molar-refractivity contribution in [2.75, 3.05) is 26.3 Å². The van der Waals surface area contributed by atoms with Crippen molar-refractivity contribution in [3.63, 3.8) is 0 Å². The second kappa shape index (κ2) is 7.31. The van der Waals surface area contributed by atoms with Crippen LogP contribution in [-0.4, -0.2) is 43.2 Å². The summed E-state index contributed by atoms with van der Waals surface area (Å²) in [6, 6.07) is 0.0911. The van der Waals surface area contributed by atoms with Crippen LogP contribution in [0.2, 0.25) is 0 Å². The van der Waals surface area contributed by atoms with E-state index in [1.54, 1.807) is 0 Å². The zero-order valence-corrected chi connectivity index (χ0v) is 12.0. The van der Waals surface area contributed by atoms with Gasteiger partial charge in [0.25, 0.3) is 0 Å². The van der Waals surface area contributed by atoms with E-state index in [-0.39, 0.29) is 30.3 Å². The number of carbonyl (C=O) groups is 1. The summed E-state index contributed by atoms with van der Waals surface area (Å²) in [5.41, 5.74) is 5.99. The Bertz CT molecular complexity index is 276. The van der Waals surface area contributed by atoms with E-state index in [4.69, 9.17) is 10.5 Å². The molecule has 1 amide bonds. The van der Waals surface area contributed by atoms with E-state index in [1.165, 1.54) is 0 Å². The van der Waals surface area contributed by atoms with Crippen molar-refractivity contribution in [1.82, 2.24) is 4.90 Å². The summed E-state index contributed by atoms with van der Waals surface area (Å²) < 4.78 is 5.43. The molecule has 1 heterocycles. The van der Waals surface area contributed by atoms with Gasteiger partial charge in [0.1, 0.15) is 0 Å². The third-order valence-electron chi connectivity index (χ3n) is 4.04. The van der Waals surface area contributed by atoms with Gasteiger partial charge in [-0.05, 0) is 26.2 Å². The third kappa shape index (κ3) is 3.59. The molecule has 0 aromatic rings. The van der Waals surface area contributed by atoms with Crippen LogP contribution in [0, 0.1) is 11.8 Å². The lowest BCUT2D eigenvalue weighted by Crippen LogP contribution is -2.40. The summed E-state index contributed by atoms with van der Waals surface area (Å²) in [7, 11) is 0. The van der Waals surface area contributed by atoms with E-state index in [0.29, 0.717) is 5.92 Å². The van der Waals surface area contributed by atoms with Crippen LogP contribution in [0.5, 0.6) is 0 Å². The fraction of sp³-hybridized carbons (Fsp3) is 0.923. The Labute approximate surface area is 116 Å². The molecule has 1 aliphatic heterocycles. The quantitative estimate of drug-likeness (QED) is 0.845. The molecule has 4 nitrogen and oxygen atoms in total. The second-order valence-electron chi connectivity index (χ2n) is 5.30. The number of halogens is 1. The summed E-state index contributed by atoms with van der Waals surface area (Å²) in [5, 5.41) is 0. The standard InChI is InChI=1S/C13H24N2O2.ClH/c1-2-17-9-10-6-7-15(8-10)13(16)11-4-3-5-12(11)14;/h10-12H,2-9,14H2,1H3;1H. The normalized spacial score (nSPS) is 31.4. The highest BCUT2D eigenvalue weighted by Gasteiger charge is 2.36. The van der Waals surface area contributed by atoms with E-state index < -0.39 is 0 Å². The van der Waals surface area contributed by atoms with Crippen LogP contribution < -0.4 is 5.73 Å². The zero-order valence-electron chi connectivity index (χ0n) is 11.1. The summed E-state index contributed by atoms with van der Waals surface area (Å²) in [4.78, 5) is 14.3. The highest BCUT2D eigenvalue weighted by molar-refractivity contribution is 5.85. The minimum absolute atomic E-state index is 0. The van der Waals surface area contributed by atoms with Gasteiger partial charge in [0.2, 0.25) is 5.91 Å². The molecule has 3 atom stereocenters. The Morgan fingerprint density at radius 1 is 1.39 bits per heavy atom. The van der Waals surface area contributed by atoms with Crippen LogP contribution in [0.15, 0.2) is 0 Å². The number of nitrogens with two attached hydrogens (primary N) is 1. The van der Waals surface area contributed by atoms with E-state index in [0.717, 1.165) is 52.0 Å². The van der Waals surface area contributed by atoms with Gasteiger partial charge in [-0.1, -0.05) is 6.42 Å². The van der Waals surface area contributed by atoms with Gasteiger partial charge in [-0.3, -0.25) is 4.79 Å². The average molecular weight is 277 g/mol. The summed E-state index contributed by atoms with van der Waals surface area (Å²) >= 11 is 0. The third-order valence-corrected chi connectivity index (χ3v) is 4.04. The molecule has 5 heteroatoms. The number of carbonyl (C=O) groups excluding carboxylic acids is 1. The lowest BCUT2D eigenvalue weighted by atomic mass is 10.0. The maximum atomic E-state index is 12.3. The number of nitrogens with zero attached hydrogens (tertiary/aromatic N) is 1. The van der Waals surface area contributed by atoms with Crippen LogP contribution >= 0.6 is 12.4 Å². The Hall–Kier alpha value is -0.320. The molecule has 3 unspecified atom stereocenters. The minimum Gasteiger partial charge on any atom is -0.381 e. The van der Waals surface area contributed by atoms with Gasteiger partial charge in [0.15, 0.2) is 0 Å². The number of likely N-dealkylation sites (tertiary alicyclic amines) is 1. The van der Waals surface area contributed by atoms with Gasteiger partial charge >= 0.3 is 0 Å². The second-order valence-corrected chi connectivity index (χ2v) is 5.30. The molecule has 18 heavy (non-hydrogen) atoms. The van der Waals surface area contributed by atoms with Gasteiger partial charge < -0.3 is 15.4 Å². The zero-order chi connectivity index (χ0) is 12.3. The Kier molecular flexibility index (Phi) is 6.39. The van der Waals surface area contributed by atoms with Crippen LogP contribution in [-0.2, 0) is 9.53 Å². The maximum absolute atomic E-state index is 12.3. The largest absolute Gasteiger partial charge is 0.381 e. The van der Waals surface area contributed by atoms with E-state index in [2.05, 4.69) is 0 Å². The fourth-order valence-electron chi connectivity index (χ4n) is 2.98. The molecule has 2 rings (SSSR count). The molecule has 0 bridgehead atoms. The lowest BCUT2D eigenvalue weighted by molar-refractivity contribution is -0.134. The number of amides is 1. The molecule has 2 fully saturated rings. The van der Waals surface area contributed by atoms with Crippen molar-refractivity contribution in [2.24, 2.45) is 17.6 Å². The number of hydrogen-bond donors (Lipinski definition) is 1. The van der Waals surface area contributed by atoms with Crippen molar-refractivity contribution in [2.45, 2.75) is 38.6 Å². The van der Waals surface area contributed by atoms with Gasteiger partial charge in [0.05, 0.1) is 12.5 Å². The molecule has 0 aromatic heterocycles. The predicted octanol–water partition coefficient (Wildman–Crippen LogP) is 1.42. The minimum atomic E-state index is 0.